The van der Waals surface area contributed by atoms with Crippen LogP contribution in [0.5, 0.6) is 5.75 Å². The van der Waals surface area contributed by atoms with Crippen molar-refractivity contribution in [3.8, 4) is 5.75 Å². The molecule has 168 valence electrons. The van der Waals surface area contributed by atoms with Crippen LogP contribution in [-0.4, -0.2) is 26.4 Å². The molecule has 0 spiro atoms. The van der Waals surface area contributed by atoms with Crippen LogP contribution in [0, 0.1) is 18.6 Å². The van der Waals surface area contributed by atoms with Crippen molar-refractivity contribution in [2.75, 3.05) is 11.1 Å². The fraction of sp³-hybridized carbons (Fsp3) is 0.227. The minimum Gasteiger partial charge on any atom is -0.480 e. The van der Waals surface area contributed by atoms with E-state index in [0.717, 1.165) is 17.7 Å². The van der Waals surface area contributed by atoms with Crippen molar-refractivity contribution in [3.05, 3.63) is 77.1 Å². The lowest BCUT2D eigenvalue weighted by Gasteiger charge is -2.16. The van der Waals surface area contributed by atoms with Gasteiger partial charge in [-0.2, -0.15) is 0 Å². The highest BCUT2D eigenvalue weighted by atomic mass is 35.5. The first-order valence-electron chi connectivity index (χ1n) is 9.63. The van der Waals surface area contributed by atoms with Crippen LogP contribution < -0.4 is 10.1 Å². The zero-order chi connectivity index (χ0) is 23.3. The van der Waals surface area contributed by atoms with Gasteiger partial charge < -0.3 is 10.1 Å². The molecule has 0 saturated heterocycles. The number of aromatic nitrogens is 3. The molecule has 3 rings (SSSR count). The molecule has 1 amide bonds. The molecule has 1 unspecified atom stereocenters. The molecule has 2 aromatic carbocycles. The SMILES string of the molecule is C=CCn1c(SCC(=O)Nc2cccc(Cl)c2C)nnc1C(C)Oc1ccc(F)cc1F. The summed E-state index contributed by atoms with van der Waals surface area (Å²) in [5.41, 5.74) is 1.42. The van der Waals surface area contributed by atoms with Crippen molar-refractivity contribution in [2.24, 2.45) is 0 Å². The van der Waals surface area contributed by atoms with Crippen LogP contribution in [0.4, 0.5) is 14.5 Å². The molecule has 0 fully saturated rings. The van der Waals surface area contributed by atoms with Crippen molar-refractivity contribution in [1.29, 1.82) is 0 Å². The molecule has 6 nitrogen and oxygen atoms in total. The summed E-state index contributed by atoms with van der Waals surface area (Å²) in [6, 6.07) is 8.36. The topological polar surface area (TPSA) is 69.0 Å². The first-order valence-corrected chi connectivity index (χ1v) is 11.0. The highest BCUT2D eigenvalue weighted by Crippen LogP contribution is 2.27. The van der Waals surface area contributed by atoms with Gasteiger partial charge in [-0.1, -0.05) is 35.5 Å². The van der Waals surface area contributed by atoms with E-state index in [0.29, 0.717) is 28.2 Å². The Bertz CT molecular complexity index is 1140. The Morgan fingerprint density at radius 3 is 2.84 bits per heavy atom. The fourth-order valence-electron chi connectivity index (χ4n) is 2.88. The van der Waals surface area contributed by atoms with Crippen molar-refractivity contribution >= 4 is 35.0 Å². The van der Waals surface area contributed by atoms with Crippen molar-refractivity contribution < 1.29 is 18.3 Å². The zero-order valence-electron chi connectivity index (χ0n) is 17.4. The van der Waals surface area contributed by atoms with Gasteiger partial charge in [0.25, 0.3) is 0 Å². The standard InChI is InChI=1S/C22H21ClF2N4O2S/c1-4-10-29-21(14(3)31-19-9-8-15(24)11-17(19)25)27-28-22(29)32-12-20(30)26-18-7-5-6-16(23)13(18)2/h4-9,11,14H,1,10,12H2,2-3H3,(H,26,30). The number of hydrogen-bond acceptors (Lipinski definition) is 5. The first-order chi connectivity index (χ1) is 15.3. The Kier molecular flexibility index (Phi) is 7.87. The summed E-state index contributed by atoms with van der Waals surface area (Å²) in [6.07, 6.45) is 0.969. The van der Waals surface area contributed by atoms with E-state index in [1.807, 2.05) is 6.92 Å². The van der Waals surface area contributed by atoms with Gasteiger partial charge >= 0.3 is 0 Å². The van der Waals surface area contributed by atoms with E-state index in [2.05, 4.69) is 22.1 Å². The fourth-order valence-corrected chi connectivity index (χ4v) is 3.81. The average molecular weight is 479 g/mol. The van der Waals surface area contributed by atoms with Gasteiger partial charge in [0.1, 0.15) is 5.82 Å². The van der Waals surface area contributed by atoms with Crippen molar-refractivity contribution in [3.63, 3.8) is 0 Å². The summed E-state index contributed by atoms with van der Waals surface area (Å²) in [5, 5.41) is 12.2. The summed E-state index contributed by atoms with van der Waals surface area (Å²) in [7, 11) is 0. The number of thioether (sulfide) groups is 1. The predicted molar refractivity (Wildman–Crippen MR) is 121 cm³/mol. The number of halogens is 3. The molecule has 0 aliphatic rings. The molecular formula is C22H21ClF2N4O2S. The summed E-state index contributed by atoms with van der Waals surface area (Å²) in [6.45, 7) is 7.59. The molecule has 3 aromatic rings. The van der Waals surface area contributed by atoms with Gasteiger partial charge in [-0.05, 0) is 43.7 Å². The Morgan fingerprint density at radius 1 is 1.34 bits per heavy atom. The van der Waals surface area contributed by atoms with Crippen LogP contribution in [0.2, 0.25) is 5.02 Å². The zero-order valence-corrected chi connectivity index (χ0v) is 19.0. The Balaban J connectivity index is 1.70. The highest BCUT2D eigenvalue weighted by molar-refractivity contribution is 7.99. The van der Waals surface area contributed by atoms with Gasteiger partial charge in [0.15, 0.2) is 28.7 Å². The van der Waals surface area contributed by atoms with Crippen molar-refractivity contribution in [2.45, 2.75) is 31.7 Å². The number of benzene rings is 2. The number of hydrogen-bond donors (Lipinski definition) is 1. The second kappa shape index (κ2) is 10.6. The summed E-state index contributed by atoms with van der Waals surface area (Å²) < 4.78 is 34.4. The molecule has 0 radical (unpaired) electrons. The number of amides is 1. The minimum absolute atomic E-state index is 0.0864. The molecule has 10 heteroatoms. The average Bonchev–Trinajstić information content (AvgIpc) is 3.15. The van der Waals surface area contributed by atoms with Gasteiger partial charge in [-0.15, -0.1) is 16.8 Å². The predicted octanol–water partition coefficient (Wildman–Crippen LogP) is 5.57. The third-order valence-corrected chi connectivity index (χ3v) is 5.87. The molecule has 1 heterocycles. The van der Waals surface area contributed by atoms with E-state index in [-0.39, 0.29) is 17.4 Å². The highest BCUT2D eigenvalue weighted by Gasteiger charge is 2.21. The molecule has 32 heavy (non-hydrogen) atoms. The third-order valence-electron chi connectivity index (χ3n) is 4.49. The number of ether oxygens (including phenoxy) is 1. The van der Waals surface area contributed by atoms with Crippen molar-refractivity contribution in [1.82, 2.24) is 14.8 Å². The molecule has 0 saturated carbocycles. The minimum atomic E-state index is -0.811. The number of carbonyl (C=O) groups is 1. The monoisotopic (exact) mass is 478 g/mol. The number of carbonyl (C=O) groups excluding carboxylic acids is 1. The second-order valence-corrected chi connectivity index (χ2v) is 8.17. The Labute approximate surface area is 193 Å². The smallest absolute Gasteiger partial charge is 0.234 e. The molecule has 0 bridgehead atoms. The van der Waals surface area contributed by atoms with Crippen LogP contribution in [-0.2, 0) is 11.3 Å². The molecular weight excluding hydrogens is 458 g/mol. The summed E-state index contributed by atoms with van der Waals surface area (Å²) in [5.74, 6) is -1.33. The second-order valence-electron chi connectivity index (χ2n) is 6.82. The lowest BCUT2D eigenvalue weighted by atomic mass is 10.2. The number of allylic oxidation sites excluding steroid dienone is 1. The van der Waals surface area contributed by atoms with E-state index in [1.54, 1.807) is 35.8 Å². The quantitative estimate of drug-likeness (QED) is 0.321. The Morgan fingerprint density at radius 2 is 2.12 bits per heavy atom. The van der Waals surface area contributed by atoms with E-state index in [1.165, 1.54) is 17.8 Å². The van der Waals surface area contributed by atoms with Gasteiger partial charge in [-0.25, -0.2) is 8.78 Å². The van der Waals surface area contributed by atoms with E-state index in [4.69, 9.17) is 16.3 Å². The molecule has 1 N–H and O–H groups in total. The van der Waals surface area contributed by atoms with Crippen LogP contribution >= 0.6 is 23.4 Å². The molecule has 0 aliphatic heterocycles. The third kappa shape index (κ3) is 5.66. The maximum Gasteiger partial charge on any atom is 0.234 e. The lowest BCUT2D eigenvalue weighted by molar-refractivity contribution is -0.113. The maximum atomic E-state index is 13.9. The van der Waals surface area contributed by atoms with Gasteiger partial charge in [-0.3, -0.25) is 9.36 Å². The number of nitrogens with zero attached hydrogens (tertiary/aromatic N) is 3. The maximum absolute atomic E-state index is 13.9. The summed E-state index contributed by atoms with van der Waals surface area (Å²) >= 11 is 7.28. The number of nitrogens with one attached hydrogen (secondary N) is 1. The van der Waals surface area contributed by atoms with E-state index >= 15 is 0 Å². The number of rotatable bonds is 9. The van der Waals surface area contributed by atoms with Gasteiger partial charge in [0.2, 0.25) is 5.91 Å². The molecule has 0 aliphatic carbocycles. The summed E-state index contributed by atoms with van der Waals surface area (Å²) in [4.78, 5) is 12.4. The largest absolute Gasteiger partial charge is 0.480 e. The lowest BCUT2D eigenvalue weighted by Crippen LogP contribution is -2.16. The molecule has 1 atom stereocenters. The van der Waals surface area contributed by atoms with Crippen LogP contribution in [0.3, 0.4) is 0 Å². The van der Waals surface area contributed by atoms with Crippen LogP contribution in [0.1, 0.15) is 24.4 Å². The van der Waals surface area contributed by atoms with Gasteiger partial charge in [0, 0.05) is 23.3 Å². The molecule has 1 aromatic heterocycles. The first kappa shape index (κ1) is 23.7. The van der Waals surface area contributed by atoms with Crippen LogP contribution in [0.15, 0.2) is 54.2 Å². The van der Waals surface area contributed by atoms with Crippen LogP contribution in [0.25, 0.3) is 0 Å². The number of anilines is 1. The normalized spacial score (nSPS) is 11.8. The van der Waals surface area contributed by atoms with Gasteiger partial charge in [0.05, 0.1) is 5.75 Å². The Hall–Kier alpha value is -2.91. The van der Waals surface area contributed by atoms with E-state index < -0.39 is 17.7 Å². The van der Waals surface area contributed by atoms with E-state index in [9.17, 15) is 13.6 Å².